The second-order valence-corrected chi connectivity index (χ2v) is 4.36. The monoisotopic (exact) mass is 277 g/mol. The van der Waals surface area contributed by atoms with E-state index in [0.29, 0.717) is 22.8 Å². The molecular formula is C15H16FNO3. The average molecular weight is 277 g/mol. The van der Waals surface area contributed by atoms with Crippen LogP contribution in [0.15, 0.2) is 24.4 Å². The number of aromatic nitrogens is 1. The van der Waals surface area contributed by atoms with Crippen molar-refractivity contribution in [1.82, 2.24) is 4.98 Å². The highest BCUT2D eigenvalue weighted by atomic mass is 19.1. The molecule has 0 amide bonds. The van der Waals surface area contributed by atoms with E-state index < -0.39 is 5.82 Å². The summed E-state index contributed by atoms with van der Waals surface area (Å²) < 4.78 is 24.7. The lowest BCUT2D eigenvalue weighted by molar-refractivity contribution is 0.276. The first-order valence-electron chi connectivity index (χ1n) is 6.09. The van der Waals surface area contributed by atoms with Crippen molar-refractivity contribution in [2.75, 3.05) is 14.2 Å². The van der Waals surface area contributed by atoms with E-state index in [1.807, 2.05) is 6.92 Å². The molecule has 4 nitrogen and oxygen atoms in total. The lowest BCUT2D eigenvalue weighted by Crippen LogP contribution is -1.99. The molecule has 2 rings (SSSR count). The van der Waals surface area contributed by atoms with Crippen LogP contribution in [0.3, 0.4) is 0 Å². The van der Waals surface area contributed by atoms with Crippen molar-refractivity contribution >= 4 is 0 Å². The van der Waals surface area contributed by atoms with Crippen LogP contribution in [0, 0.1) is 12.7 Å². The van der Waals surface area contributed by atoms with E-state index in [2.05, 4.69) is 4.98 Å². The van der Waals surface area contributed by atoms with Gasteiger partial charge in [-0.05, 0) is 30.7 Å². The summed E-state index contributed by atoms with van der Waals surface area (Å²) in [6, 6.07) is 5.09. The van der Waals surface area contributed by atoms with Gasteiger partial charge in [0.25, 0.3) is 0 Å². The van der Waals surface area contributed by atoms with Crippen LogP contribution in [0.25, 0.3) is 11.1 Å². The third-order valence-corrected chi connectivity index (χ3v) is 2.99. The number of aliphatic hydroxyl groups is 1. The van der Waals surface area contributed by atoms with Crippen LogP contribution in [0.1, 0.15) is 11.3 Å². The van der Waals surface area contributed by atoms with Gasteiger partial charge in [-0.3, -0.25) is 4.98 Å². The Hall–Kier alpha value is -2.14. The fraction of sp³-hybridized carbons (Fsp3) is 0.267. The molecule has 20 heavy (non-hydrogen) atoms. The first-order valence-corrected chi connectivity index (χ1v) is 6.09. The standard InChI is InChI=1S/C15H16FNO3/c1-9-4-13(19-2)15(14(5-9)20-3)11-6-10(8-18)17-7-12(11)16/h4-7,18H,8H2,1-3H3. The van der Waals surface area contributed by atoms with Gasteiger partial charge in [0.1, 0.15) is 17.3 Å². The second kappa shape index (κ2) is 5.88. The molecule has 5 heteroatoms. The number of ether oxygens (including phenoxy) is 2. The molecule has 0 spiro atoms. The summed E-state index contributed by atoms with van der Waals surface area (Å²) in [4.78, 5) is 3.80. The van der Waals surface area contributed by atoms with E-state index in [1.165, 1.54) is 20.3 Å². The molecule has 0 radical (unpaired) electrons. The number of benzene rings is 1. The molecule has 0 bridgehead atoms. The Balaban J connectivity index is 2.73. The van der Waals surface area contributed by atoms with E-state index in [4.69, 9.17) is 14.6 Å². The van der Waals surface area contributed by atoms with Gasteiger partial charge >= 0.3 is 0 Å². The summed E-state index contributed by atoms with van der Waals surface area (Å²) in [5.41, 5.74) is 2.12. The Bertz CT molecular complexity index is 604. The molecular weight excluding hydrogens is 261 g/mol. The van der Waals surface area contributed by atoms with Crippen molar-refractivity contribution in [3.63, 3.8) is 0 Å². The van der Waals surface area contributed by atoms with Crippen molar-refractivity contribution in [2.45, 2.75) is 13.5 Å². The predicted molar refractivity (Wildman–Crippen MR) is 73.4 cm³/mol. The Labute approximate surface area is 116 Å². The quantitative estimate of drug-likeness (QED) is 0.933. The molecule has 0 saturated heterocycles. The van der Waals surface area contributed by atoms with Gasteiger partial charge in [0, 0.05) is 5.56 Å². The smallest absolute Gasteiger partial charge is 0.149 e. The van der Waals surface area contributed by atoms with E-state index in [1.54, 1.807) is 12.1 Å². The molecule has 0 aliphatic rings. The zero-order valence-corrected chi connectivity index (χ0v) is 11.6. The van der Waals surface area contributed by atoms with Crippen LogP contribution in [0.4, 0.5) is 4.39 Å². The van der Waals surface area contributed by atoms with E-state index in [0.717, 1.165) is 11.8 Å². The molecule has 0 unspecified atom stereocenters. The maximum absolute atomic E-state index is 14.1. The highest BCUT2D eigenvalue weighted by Gasteiger charge is 2.18. The van der Waals surface area contributed by atoms with Crippen molar-refractivity contribution in [2.24, 2.45) is 0 Å². The van der Waals surface area contributed by atoms with Gasteiger partial charge in [0.05, 0.1) is 38.3 Å². The number of aryl methyl sites for hydroxylation is 1. The SMILES string of the molecule is COc1cc(C)cc(OC)c1-c1cc(CO)ncc1F. The predicted octanol–water partition coefficient (Wildman–Crippen LogP) is 2.71. The minimum Gasteiger partial charge on any atom is -0.496 e. The Morgan fingerprint density at radius 3 is 2.25 bits per heavy atom. The minimum absolute atomic E-state index is 0.260. The third-order valence-electron chi connectivity index (χ3n) is 2.99. The van der Waals surface area contributed by atoms with Crippen LogP contribution >= 0.6 is 0 Å². The lowest BCUT2D eigenvalue weighted by atomic mass is 10.0. The highest BCUT2D eigenvalue weighted by Crippen LogP contribution is 2.40. The van der Waals surface area contributed by atoms with Crippen LogP contribution < -0.4 is 9.47 Å². The molecule has 0 aliphatic heterocycles. The van der Waals surface area contributed by atoms with Crippen LogP contribution in [-0.4, -0.2) is 24.3 Å². The molecule has 0 atom stereocenters. The Morgan fingerprint density at radius 2 is 1.75 bits per heavy atom. The number of rotatable bonds is 4. The van der Waals surface area contributed by atoms with E-state index in [9.17, 15) is 4.39 Å². The summed E-state index contributed by atoms with van der Waals surface area (Å²) in [7, 11) is 3.04. The summed E-state index contributed by atoms with van der Waals surface area (Å²) in [5, 5.41) is 9.15. The lowest BCUT2D eigenvalue weighted by Gasteiger charge is -2.15. The summed E-state index contributed by atoms with van der Waals surface area (Å²) in [6.45, 7) is 1.64. The van der Waals surface area contributed by atoms with Gasteiger partial charge in [-0.15, -0.1) is 0 Å². The topological polar surface area (TPSA) is 51.6 Å². The molecule has 0 aliphatic carbocycles. The molecule has 1 N–H and O–H groups in total. The normalized spacial score (nSPS) is 10.4. The van der Waals surface area contributed by atoms with Crippen molar-refractivity contribution < 1.29 is 19.0 Å². The van der Waals surface area contributed by atoms with Gasteiger partial charge in [-0.25, -0.2) is 4.39 Å². The maximum atomic E-state index is 14.1. The Morgan fingerprint density at radius 1 is 1.15 bits per heavy atom. The average Bonchev–Trinajstić information content (AvgIpc) is 2.47. The molecule has 1 aromatic heterocycles. The van der Waals surface area contributed by atoms with Crippen molar-refractivity contribution in [3.8, 4) is 22.6 Å². The van der Waals surface area contributed by atoms with Gasteiger partial charge in [-0.1, -0.05) is 0 Å². The van der Waals surface area contributed by atoms with Crippen LogP contribution in [0.2, 0.25) is 0 Å². The van der Waals surface area contributed by atoms with E-state index in [-0.39, 0.29) is 12.2 Å². The van der Waals surface area contributed by atoms with Gasteiger partial charge < -0.3 is 14.6 Å². The number of aliphatic hydroxyl groups excluding tert-OH is 1. The second-order valence-electron chi connectivity index (χ2n) is 4.36. The van der Waals surface area contributed by atoms with E-state index >= 15 is 0 Å². The number of nitrogens with zero attached hydrogens (tertiary/aromatic N) is 1. The number of hydrogen-bond donors (Lipinski definition) is 1. The molecule has 0 fully saturated rings. The summed E-state index contributed by atoms with van der Waals surface area (Å²) >= 11 is 0. The fourth-order valence-corrected chi connectivity index (χ4v) is 2.07. The molecule has 106 valence electrons. The molecule has 2 aromatic rings. The largest absolute Gasteiger partial charge is 0.496 e. The number of methoxy groups -OCH3 is 2. The van der Waals surface area contributed by atoms with Crippen LogP contribution in [0.5, 0.6) is 11.5 Å². The zero-order valence-electron chi connectivity index (χ0n) is 11.6. The van der Waals surface area contributed by atoms with Gasteiger partial charge in [0.2, 0.25) is 0 Å². The maximum Gasteiger partial charge on any atom is 0.149 e. The van der Waals surface area contributed by atoms with Crippen LogP contribution in [-0.2, 0) is 6.61 Å². The first-order chi connectivity index (χ1) is 9.60. The minimum atomic E-state index is -0.498. The molecule has 1 aromatic carbocycles. The number of pyridine rings is 1. The highest BCUT2D eigenvalue weighted by molar-refractivity contribution is 5.78. The zero-order chi connectivity index (χ0) is 14.7. The molecule has 0 saturated carbocycles. The van der Waals surface area contributed by atoms with Gasteiger partial charge in [0.15, 0.2) is 0 Å². The molecule has 1 heterocycles. The third kappa shape index (κ3) is 2.58. The van der Waals surface area contributed by atoms with Crippen molar-refractivity contribution in [1.29, 1.82) is 0 Å². The van der Waals surface area contributed by atoms with Crippen molar-refractivity contribution in [3.05, 3.63) is 41.5 Å². The summed E-state index contributed by atoms with van der Waals surface area (Å²) in [6.07, 6.45) is 1.08. The fourth-order valence-electron chi connectivity index (χ4n) is 2.07. The first kappa shape index (κ1) is 14.3. The number of halogens is 1. The van der Waals surface area contributed by atoms with Gasteiger partial charge in [-0.2, -0.15) is 0 Å². The summed E-state index contributed by atoms with van der Waals surface area (Å²) in [5.74, 6) is 0.523. The number of hydrogen-bond acceptors (Lipinski definition) is 4. The Kier molecular flexibility index (Phi) is 4.20.